The summed E-state index contributed by atoms with van der Waals surface area (Å²) in [5.41, 5.74) is 6.18. The average Bonchev–Trinajstić information content (AvgIpc) is 2.70. The third kappa shape index (κ3) is 2.28. The smallest absolute Gasteiger partial charge is 0.244 e. The second kappa shape index (κ2) is 4.55. The molecule has 0 atom stereocenters. The van der Waals surface area contributed by atoms with Crippen LogP contribution in [0.1, 0.15) is 25.7 Å². The first-order valence-corrected chi connectivity index (χ1v) is 6.26. The van der Waals surface area contributed by atoms with Gasteiger partial charge in [-0.25, -0.2) is 0 Å². The van der Waals surface area contributed by atoms with E-state index in [4.69, 9.17) is 5.73 Å². The Kier molecular flexibility index (Phi) is 3.30. The van der Waals surface area contributed by atoms with Gasteiger partial charge in [-0.05, 0) is 40.9 Å². The highest BCUT2D eigenvalue weighted by Gasteiger charge is 2.37. The van der Waals surface area contributed by atoms with Crippen molar-refractivity contribution in [3.8, 4) is 0 Å². The fourth-order valence-corrected chi connectivity index (χ4v) is 2.43. The van der Waals surface area contributed by atoms with E-state index in [0.29, 0.717) is 0 Å². The largest absolute Gasteiger partial charge is 0.323 e. The molecule has 1 fully saturated rings. The number of para-hydroxylation sites is 1. The van der Waals surface area contributed by atoms with Gasteiger partial charge >= 0.3 is 0 Å². The van der Waals surface area contributed by atoms with Crippen LogP contribution in [0, 0.1) is 0 Å². The summed E-state index contributed by atoms with van der Waals surface area (Å²) in [5.74, 6) is -0.0723. The molecule has 0 spiro atoms. The first kappa shape index (κ1) is 11.6. The first-order valence-electron chi connectivity index (χ1n) is 5.47. The molecule has 1 aromatic rings. The molecule has 3 nitrogen and oxygen atoms in total. The summed E-state index contributed by atoms with van der Waals surface area (Å²) in [6.45, 7) is 0. The molecule has 1 saturated carbocycles. The number of amides is 1. The maximum atomic E-state index is 12.0. The van der Waals surface area contributed by atoms with E-state index in [1.807, 2.05) is 24.3 Å². The Morgan fingerprint density at radius 3 is 2.56 bits per heavy atom. The predicted molar refractivity (Wildman–Crippen MR) is 68.2 cm³/mol. The summed E-state index contributed by atoms with van der Waals surface area (Å²) < 4.78 is 0.880. The van der Waals surface area contributed by atoms with Crippen LogP contribution in [0.3, 0.4) is 0 Å². The first-order chi connectivity index (χ1) is 7.62. The van der Waals surface area contributed by atoms with Gasteiger partial charge in [0.25, 0.3) is 0 Å². The van der Waals surface area contributed by atoms with E-state index in [-0.39, 0.29) is 5.91 Å². The third-order valence-electron chi connectivity index (χ3n) is 3.07. The number of hydrogen-bond acceptors (Lipinski definition) is 2. The van der Waals surface area contributed by atoms with Crippen LogP contribution in [0.2, 0.25) is 0 Å². The lowest BCUT2D eigenvalue weighted by Gasteiger charge is -2.22. The fraction of sp³-hybridized carbons (Fsp3) is 0.417. The van der Waals surface area contributed by atoms with Crippen LogP contribution in [0.25, 0.3) is 0 Å². The van der Waals surface area contributed by atoms with E-state index >= 15 is 0 Å². The molecule has 1 aliphatic rings. The van der Waals surface area contributed by atoms with E-state index in [9.17, 15) is 4.79 Å². The Balaban J connectivity index is 2.10. The summed E-state index contributed by atoms with van der Waals surface area (Å²) in [5, 5.41) is 2.88. The lowest BCUT2D eigenvalue weighted by molar-refractivity contribution is -0.121. The van der Waals surface area contributed by atoms with Crippen molar-refractivity contribution < 1.29 is 4.79 Å². The van der Waals surface area contributed by atoms with Crippen molar-refractivity contribution in [2.45, 2.75) is 31.2 Å². The van der Waals surface area contributed by atoms with Crippen LogP contribution in [0.5, 0.6) is 0 Å². The summed E-state index contributed by atoms with van der Waals surface area (Å²) in [6.07, 6.45) is 3.65. The molecule has 0 saturated heterocycles. The molecule has 3 N–H and O–H groups in total. The number of rotatable bonds is 2. The molecule has 4 heteroatoms. The second-order valence-electron chi connectivity index (χ2n) is 4.30. The Bertz CT molecular complexity index is 400. The number of halogens is 1. The minimum absolute atomic E-state index is 0.0723. The van der Waals surface area contributed by atoms with Gasteiger partial charge in [-0.1, -0.05) is 25.0 Å². The zero-order valence-electron chi connectivity index (χ0n) is 9.00. The van der Waals surface area contributed by atoms with E-state index in [1.165, 1.54) is 0 Å². The van der Waals surface area contributed by atoms with Crippen molar-refractivity contribution in [2.24, 2.45) is 5.73 Å². The Morgan fingerprint density at radius 2 is 1.94 bits per heavy atom. The van der Waals surface area contributed by atoms with E-state index in [0.717, 1.165) is 35.8 Å². The summed E-state index contributed by atoms with van der Waals surface area (Å²) in [7, 11) is 0. The molecule has 16 heavy (non-hydrogen) atoms. The van der Waals surface area contributed by atoms with Crippen LogP contribution in [-0.4, -0.2) is 11.4 Å². The molecular formula is C12H15BrN2O. The van der Waals surface area contributed by atoms with Gasteiger partial charge in [0.15, 0.2) is 0 Å². The quantitative estimate of drug-likeness (QED) is 0.876. The minimum atomic E-state index is -0.671. The number of nitrogens with one attached hydrogen (secondary N) is 1. The number of anilines is 1. The molecule has 1 aliphatic carbocycles. The Labute approximate surface area is 104 Å². The average molecular weight is 283 g/mol. The van der Waals surface area contributed by atoms with E-state index in [2.05, 4.69) is 21.2 Å². The molecule has 0 bridgehead atoms. The Morgan fingerprint density at radius 1 is 1.31 bits per heavy atom. The van der Waals surface area contributed by atoms with Gasteiger partial charge in [0, 0.05) is 4.47 Å². The molecule has 86 valence electrons. The second-order valence-corrected chi connectivity index (χ2v) is 5.15. The molecule has 2 rings (SSSR count). The lowest BCUT2D eigenvalue weighted by Crippen LogP contribution is -2.48. The van der Waals surface area contributed by atoms with Crippen molar-refractivity contribution >= 4 is 27.5 Å². The van der Waals surface area contributed by atoms with Gasteiger partial charge in [-0.3, -0.25) is 4.79 Å². The predicted octanol–water partition coefficient (Wildman–Crippen LogP) is 2.66. The standard InChI is InChI=1S/C12H15BrN2O/c13-9-5-1-2-6-10(9)15-11(16)12(14)7-3-4-8-12/h1-2,5-6H,3-4,7-8,14H2,(H,15,16). The molecule has 0 radical (unpaired) electrons. The highest BCUT2D eigenvalue weighted by Crippen LogP contribution is 2.29. The highest BCUT2D eigenvalue weighted by atomic mass is 79.9. The number of carbonyl (C=O) groups excluding carboxylic acids is 1. The van der Waals surface area contributed by atoms with Gasteiger partial charge in [-0.2, -0.15) is 0 Å². The molecule has 1 aromatic carbocycles. The van der Waals surface area contributed by atoms with Crippen LogP contribution < -0.4 is 11.1 Å². The number of benzene rings is 1. The summed E-state index contributed by atoms with van der Waals surface area (Å²) >= 11 is 3.40. The number of carbonyl (C=O) groups is 1. The van der Waals surface area contributed by atoms with Crippen molar-refractivity contribution in [3.05, 3.63) is 28.7 Å². The molecule has 0 unspecified atom stereocenters. The van der Waals surface area contributed by atoms with Crippen LogP contribution in [-0.2, 0) is 4.79 Å². The van der Waals surface area contributed by atoms with Gasteiger partial charge < -0.3 is 11.1 Å². The summed E-state index contributed by atoms with van der Waals surface area (Å²) in [4.78, 5) is 12.0. The molecule has 0 heterocycles. The lowest BCUT2D eigenvalue weighted by atomic mass is 9.98. The van der Waals surface area contributed by atoms with Crippen molar-refractivity contribution in [3.63, 3.8) is 0 Å². The van der Waals surface area contributed by atoms with Gasteiger partial charge in [-0.15, -0.1) is 0 Å². The number of hydrogen-bond donors (Lipinski definition) is 2. The van der Waals surface area contributed by atoms with Crippen LogP contribution in [0.4, 0.5) is 5.69 Å². The molecule has 0 aromatic heterocycles. The number of nitrogens with two attached hydrogens (primary N) is 1. The van der Waals surface area contributed by atoms with Crippen molar-refractivity contribution in [2.75, 3.05) is 5.32 Å². The summed E-state index contributed by atoms with van der Waals surface area (Å²) in [6, 6.07) is 7.56. The normalized spacial score (nSPS) is 18.4. The van der Waals surface area contributed by atoms with E-state index < -0.39 is 5.54 Å². The SMILES string of the molecule is NC1(C(=O)Nc2ccccc2Br)CCCC1. The van der Waals surface area contributed by atoms with Gasteiger partial charge in [0.05, 0.1) is 11.2 Å². The van der Waals surface area contributed by atoms with Crippen LogP contribution in [0.15, 0.2) is 28.7 Å². The molecular weight excluding hydrogens is 268 g/mol. The van der Waals surface area contributed by atoms with Crippen molar-refractivity contribution in [1.29, 1.82) is 0 Å². The topological polar surface area (TPSA) is 55.1 Å². The zero-order chi connectivity index (χ0) is 11.6. The van der Waals surface area contributed by atoms with Crippen molar-refractivity contribution in [1.82, 2.24) is 0 Å². The third-order valence-corrected chi connectivity index (χ3v) is 3.76. The van der Waals surface area contributed by atoms with Crippen LogP contribution >= 0.6 is 15.9 Å². The molecule has 0 aliphatic heterocycles. The Hall–Kier alpha value is -0.870. The van der Waals surface area contributed by atoms with Gasteiger partial charge in [0.2, 0.25) is 5.91 Å². The van der Waals surface area contributed by atoms with E-state index in [1.54, 1.807) is 0 Å². The fourth-order valence-electron chi connectivity index (χ4n) is 2.04. The maximum Gasteiger partial charge on any atom is 0.244 e. The monoisotopic (exact) mass is 282 g/mol. The minimum Gasteiger partial charge on any atom is -0.323 e. The zero-order valence-corrected chi connectivity index (χ0v) is 10.6. The van der Waals surface area contributed by atoms with Gasteiger partial charge in [0.1, 0.15) is 0 Å². The highest BCUT2D eigenvalue weighted by molar-refractivity contribution is 9.10. The maximum absolute atomic E-state index is 12.0. The molecule has 1 amide bonds.